The molecule has 118 valence electrons. The van der Waals surface area contributed by atoms with E-state index in [4.69, 9.17) is 11.6 Å². The first-order valence-electron chi connectivity index (χ1n) is 7.28. The number of likely N-dealkylation sites (tertiary alicyclic amines) is 1. The van der Waals surface area contributed by atoms with E-state index < -0.39 is 5.60 Å². The average Bonchev–Trinajstić information content (AvgIpc) is 2.79. The Labute approximate surface area is 135 Å². The van der Waals surface area contributed by atoms with Crippen LogP contribution in [0.1, 0.15) is 11.3 Å². The summed E-state index contributed by atoms with van der Waals surface area (Å²) in [6.07, 6.45) is 1.90. The molecule has 5 nitrogen and oxygen atoms in total. The highest BCUT2D eigenvalue weighted by atomic mass is 35.5. The van der Waals surface area contributed by atoms with Crippen molar-refractivity contribution in [1.82, 2.24) is 14.5 Å². The molecule has 2 heterocycles. The molecule has 0 radical (unpaired) electrons. The second-order valence-corrected chi connectivity index (χ2v) is 6.62. The number of halogens is 1. The Morgan fingerprint density at radius 1 is 1.27 bits per heavy atom. The van der Waals surface area contributed by atoms with Crippen molar-refractivity contribution in [2.24, 2.45) is 7.05 Å². The fourth-order valence-corrected chi connectivity index (χ4v) is 3.10. The Morgan fingerprint density at radius 2 is 1.91 bits per heavy atom. The van der Waals surface area contributed by atoms with Gasteiger partial charge < -0.3 is 14.6 Å². The fourth-order valence-electron chi connectivity index (χ4n) is 2.97. The average molecular weight is 321 g/mol. The third-order valence-corrected chi connectivity index (χ3v) is 4.45. The highest BCUT2D eigenvalue weighted by molar-refractivity contribution is 6.30. The van der Waals surface area contributed by atoms with Crippen LogP contribution < -0.4 is 4.90 Å². The van der Waals surface area contributed by atoms with Crippen LogP contribution in [0.5, 0.6) is 0 Å². The van der Waals surface area contributed by atoms with E-state index in [1.54, 1.807) is 0 Å². The summed E-state index contributed by atoms with van der Waals surface area (Å²) in [5.41, 5.74) is 1.29. The Hall–Kier alpha value is -1.56. The number of anilines is 1. The van der Waals surface area contributed by atoms with E-state index in [-0.39, 0.29) is 0 Å². The smallest absolute Gasteiger partial charge is 0.204 e. The number of hydrogen-bond acceptors (Lipinski definition) is 4. The Morgan fingerprint density at radius 3 is 2.45 bits per heavy atom. The molecular weight excluding hydrogens is 300 g/mol. The van der Waals surface area contributed by atoms with Crippen molar-refractivity contribution in [3.63, 3.8) is 0 Å². The first kappa shape index (κ1) is 15.3. The molecule has 0 atom stereocenters. The minimum absolute atomic E-state index is 0.622. The zero-order valence-electron chi connectivity index (χ0n) is 13.1. The molecule has 3 rings (SSSR count). The molecule has 1 aliphatic heterocycles. The highest BCUT2D eigenvalue weighted by Crippen LogP contribution is 2.33. The lowest BCUT2D eigenvalue weighted by Crippen LogP contribution is -2.58. The monoisotopic (exact) mass is 320 g/mol. The van der Waals surface area contributed by atoms with Crippen LogP contribution in [0, 0.1) is 0 Å². The maximum atomic E-state index is 10.7. The van der Waals surface area contributed by atoms with Crippen molar-refractivity contribution in [2.45, 2.75) is 12.1 Å². The largest absolute Gasteiger partial charge is 0.382 e. The summed E-state index contributed by atoms with van der Waals surface area (Å²) in [6.45, 7) is 2.03. The van der Waals surface area contributed by atoms with Gasteiger partial charge in [-0.3, -0.25) is 4.90 Å². The molecule has 1 aromatic carbocycles. The van der Waals surface area contributed by atoms with Crippen LogP contribution in [0.2, 0.25) is 5.02 Å². The summed E-state index contributed by atoms with van der Waals surface area (Å²) >= 11 is 5.90. The fraction of sp³-hybridized carbons (Fsp3) is 0.438. The van der Waals surface area contributed by atoms with Gasteiger partial charge in [-0.05, 0) is 17.7 Å². The lowest BCUT2D eigenvalue weighted by Gasteiger charge is -2.46. The maximum Gasteiger partial charge on any atom is 0.204 e. The zero-order chi connectivity index (χ0) is 15.9. The highest BCUT2D eigenvalue weighted by Gasteiger charge is 2.42. The van der Waals surface area contributed by atoms with E-state index in [2.05, 4.69) is 14.5 Å². The molecule has 1 N–H and O–H groups in total. The second kappa shape index (κ2) is 5.57. The molecule has 0 aliphatic carbocycles. The minimum Gasteiger partial charge on any atom is -0.382 e. The van der Waals surface area contributed by atoms with Crippen molar-refractivity contribution in [3.05, 3.63) is 46.7 Å². The van der Waals surface area contributed by atoms with Crippen LogP contribution in [0.25, 0.3) is 0 Å². The van der Waals surface area contributed by atoms with Gasteiger partial charge in [-0.15, -0.1) is 0 Å². The number of aliphatic hydroxyl groups is 1. The Bertz CT molecular complexity index is 659. The van der Waals surface area contributed by atoms with Crippen LogP contribution in [0.15, 0.2) is 30.5 Å². The van der Waals surface area contributed by atoms with Crippen molar-refractivity contribution in [1.29, 1.82) is 0 Å². The molecule has 0 bridgehead atoms. The predicted octanol–water partition coefficient (Wildman–Crippen LogP) is 1.84. The number of β-amino-alcohol motifs (C(OH)–C–C–N with tert-alkyl or cyclic N) is 1. The zero-order valence-corrected chi connectivity index (χ0v) is 13.9. The van der Waals surface area contributed by atoms with Crippen LogP contribution in [-0.2, 0) is 19.2 Å². The van der Waals surface area contributed by atoms with Gasteiger partial charge in [0.2, 0.25) is 5.95 Å². The SMILES string of the molecule is CN(C)c1ncc(CN2CC(O)(c3ccc(Cl)cc3)C2)n1C. The topological polar surface area (TPSA) is 44.5 Å². The van der Waals surface area contributed by atoms with E-state index >= 15 is 0 Å². The van der Waals surface area contributed by atoms with E-state index in [9.17, 15) is 5.11 Å². The Balaban J connectivity index is 1.65. The maximum absolute atomic E-state index is 10.7. The van der Waals surface area contributed by atoms with E-state index in [0.29, 0.717) is 18.1 Å². The van der Waals surface area contributed by atoms with Gasteiger partial charge in [-0.2, -0.15) is 0 Å². The molecule has 1 aliphatic rings. The molecule has 1 saturated heterocycles. The van der Waals surface area contributed by atoms with Crippen molar-refractivity contribution in [3.8, 4) is 0 Å². The number of aromatic nitrogens is 2. The first-order chi connectivity index (χ1) is 10.4. The van der Waals surface area contributed by atoms with E-state index in [1.807, 2.05) is 56.5 Å². The lowest BCUT2D eigenvalue weighted by molar-refractivity contribution is -0.108. The lowest BCUT2D eigenvalue weighted by atomic mass is 9.86. The quantitative estimate of drug-likeness (QED) is 0.933. The van der Waals surface area contributed by atoms with E-state index in [1.165, 1.54) is 0 Å². The molecule has 0 spiro atoms. The molecular formula is C16H21ClN4O. The number of rotatable bonds is 4. The van der Waals surface area contributed by atoms with Crippen LogP contribution >= 0.6 is 11.6 Å². The summed E-state index contributed by atoms with van der Waals surface area (Å²) in [5, 5.41) is 11.4. The summed E-state index contributed by atoms with van der Waals surface area (Å²) in [7, 11) is 5.98. The Kier molecular flexibility index (Phi) is 3.89. The van der Waals surface area contributed by atoms with Gasteiger partial charge in [-0.1, -0.05) is 23.7 Å². The molecule has 1 fully saturated rings. The predicted molar refractivity (Wildman–Crippen MR) is 88.2 cm³/mol. The van der Waals surface area contributed by atoms with Crippen molar-refractivity contribution in [2.75, 3.05) is 32.1 Å². The van der Waals surface area contributed by atoms with Gasteiger partial charge in [0.05, 0.1) is 11.9 Å². The van der Waals surface area contributed by atoms with Crippen LogP contribution in [0.3, 0.4) is 0 Å². The molecule has 0 amide bonds. The molecule has 1 aromatic heterocycles. The number of imidazole rings is 1. The number of hydrogen-bond donors (Lipinski definition) is 1. The normalized spacial score (nSPS) is 17.3. The van der Waals surface area contributed by atoms with Crippen LogP contribution in [-0.4, -0.2) is 46.7 Å². The number of benzene rings is 1. The van der Waals surface area contributed by atoms with Gasteiger partial charge in [0.15, 0.2) is 0 Å². The van der Waals surface area contributed by atoms with Gasteiger partial charge in [0.1, 0.15) is 5.60 Å². The van der Waals surface area contributed by atoms with Crippen molar-refractivity contribution >= 4 is 17.5 Å². The number of nitrogens with zero attached hydrogens (tertiary/aromatic N) is 4. The molecule has 6 heteroatoms. The van der Waals surface area contributed by atoms with Gasteiger partial charge in [0, 0.05) is 45.8 Å². The third kappa shape index (κ3) is 2.72. The summed E-state index contributed by atoms with van der Waals surface area (Å²) < 4.78 is 2.08. The molecule has 2 aromatic rings. The second-order valence-electron chi connectivity index (χ2n) is 6.19. The van der Waals surface area contributed by atoms with E-state index in [0.717, 1.165) is 23.8 Å². The van der Waals surface area contributed by atoms with Crippen molar-refractivity contribution < 1.29 is 5.11 Å². The minimum atomic E-state index is -0.770. The molecule has 22 heavy (non-hydrogen) atoms. The van der Waals surface area contributed by atoms with Gasteiger partial charge in [0.25, 0.3) is 0 Å². The van der Waals surface area contributed by atoms with Crippen LogP contribution in [0.4, 0.5) is 5.95 Å². The standard InChI is InChI=1S/C16H21ClN4O/c1-19(2)15-18-8-14(20(15)3)9-21-10-16(22,11-21)12-4-6-13(17)7-5-12/h4-8,22H,9-11H2,1-3H3. The third-order valence-electron chi connectivity index (χ3n) is 4.20. The molecule has 0 unspecified atom stereocenters. The summed E-state index contributed by atoms with van der Waals surface area (Å²) in [6, 6.07) is 7.44. The van der Waals surface area contributed by atoms with Gasteiger partial charge in [-0.25, -0.2) is 4.98 Å². The molecule has 0 saturated carbocycles. The summed E-state index contributed by atoms with van der Waals surface area (Å²) in [5.74, 6) is 0.934. The first-order valence-corrected chi connectivity index (χ1v) is 7.65. The van der Waals surface area contributed by atoms with Gasteiger partial charge >= 0.3 is 0 Å². The summed E-state index contributed by atoms with van der Waals surface area (Å²) in [4.78, 5) is 8.62.